The van der Waals surface area contributed by atoms with Crippen molar-refractivity contribution < 1.29 is 14.3 Å². The van der Waals surface area contributed by atoms with Crippen molar-refractivity contribution in [3.63, 3.8) is 0 Å². The number of nitrogens with zero attached hydrogens (tertiary/aromatic N) is 2. The van der Waals surface area contributed by atoms with E-state index in [1.165, 1.54) is 0 Å². The molecule has 0 radical (unpaired) electrons. The SMILES string of the molecule is CCC(C)NC(=O)c1cc(Nc2ccc(OC)c(OC)c2)nc(C)n1. The van der Waals surface area contributed by atoms with Gasteiger partial charge in [-0.3, -0.25) is 4.79 Å². The minimum Gasteiger partial charge on any atom is -0.493 e. The van der Waals surface area contributed by atoms with Crippen LogP contribution in [0.25, 0.3) is 0 Å². The van der Waals surface area contributed by atoms with E-state index in [-0.39, 0.29) is 11.9 Å². The maximum absolute atomic E-state index is 12.3. The van der Waals surface area contributed by atoms with Gasteiger partial charge in [0.2, 0.25) is 0 Å². The van der Waals surface area contributed by atoms with Gasteiger partial charge in [-0.05, 0) is 32.4 Å². The number of rotatable bonds is 7. The highest BCUT2D eigenvalue weighted by atomic mass is 16.5. The summed E-state index contributed by atoms with van der Waals surface area (Å²) in [7, 11) is 3.16. The van der Waals surface area contributed by atoms with Crippen LogP contribution in [-0.2, 0) is 0 Å². The molecule has 0 aliphatic carbocycles. The Bertz CT molecular complexity index is 749. The number of carbonyl (C=O) groups is 1. The number of methoxy groups -OCH3 is 2. The zero-order valence-electron chi connectivity index (χ0n) is 15.2. The van der Waals surface area contributed by atoms with E-state index in [2.05, 4.69) is 20.6 Å². The highest BCUT2D eigenvalue weighted by molar-refractivity contribution is 5.93. The highest BCUT2D eigenvalue weighted by Gasteiger charge is 2.13. The number of carbonyl (C=O) groups excluding carboxylic acids is 1. The fourth-order valence-corrected chi connectivity index (χ4v) is 2.21. The minimum atomic E-state index is -0.213. The first kappa shape index (κ1) is 18.5. The second kappa shape index (κ2) is 8.32. The van der Waals surface area contributed by atoms with Crippen molar-refractivity contribution in [1.82, 2.24) is 15.3 Å². The smallest absolute Gasteiger partial charge is 0.270 e. The fraction of sp³-hybridized carbons (Fsp3) is 0.389. The number of hydrogen-bond acceptors (Lipinski definition) is 6. The zero-order valence-corrected chi connectivity index (χ0v) is 15.2. The lowest BCUT2D eigenvalue weighted by molar-refractivity contribution is 0.0934. The van der Waals surface area contributed by atoms with Crippen LogP contribution in [-0.4, -0.2) is 36.1 Å². The first-order valence-electron chi connectivity index (χ1n) is 8.12. The van der Waals surface area contributed by atoms with Crippen molar-refractivity contribution in [2.75, 3.05) is 19.5 Å². The van der Waals surface area contributed by atoms with Crippen molar-refractivity contribution in [2.24, 2.45) is 0 Å². The van der Waals surface area contributed by atoms with Gasteiger partial charge in [0, 0.05) is 23.9 Å². The Kier molecular flexibility index (Phi) is 6.16. The third kappa shape index (κ3) is 4.82. The molecule has 0 saturated carbocycles. The van der Waals surface area contributed by atoms with Gasteiger partial charge in [-0.1, -0.05) is 6.92 Å². The summed E-state index contributed by atoms with van der Waals surface area (Å²) in [6.45, 7) is 5.72. The van der Waals surface area contributed by atoms with Crippen molar-refractivity contribution in [3.05, 3.63) is 35.8 Å². The molecule has 1 unspecified atom stereocenters. The summed E-state index contributed by atoms with van der Waals surface area (Å²) < 4.78 is 10.5. The van der Waals surface area contributed by atoms with Crippen LogP contribution in [0.1, 0.15) is 36.6 Å². The number of nitrogens with one attached hydrogen (secondary N) is 2. The molecule has 1 amide bonds. The van der Waals surface area contributed by atoms with E-state index in [9.17, 15) is 4.79 Å². The summed E-state index contributed by atoms with van der Waals surface area (Å²) in [6, 6.07) is 7.16. The number of ether oxygens (including phenoxy) is 2. The molecule has 2 rings (SSSR count). The standard InChI is InChI=1S/C18H24N4O3/c1-6-11(2)19-18(23)14-10-17(21-12(3)20-14)22-13-7-8-15(24-4)16(9-13)25-5/h7-11H,6H2,1-5H3,(H,19,23)(H,20,21,22). The Hall–Kier alpha value is -2.83. The fourth-order valence-electron chi connectivity index (χ4n) is 2.21. The second-order valence-electron chi connectivity index (χ2n) is 5.66. The maximum Gasteiger partial charge on any atom is 0.270 e. The van der Waals surface area contributed by atoms with Gasteiger partial charge in [-0.15, -0.1) is 0 Å². The summed E-state index contributed by atoms with van der Waals surface area (Å²) in [6.07, 6.45) is 0.854. The Labute approximate surface area is 147 Å². The predicted molar refractivity (Wildman–Crippen MR) is 96.8 cm³/mol. The van der Waals surface area contributed by atoms with Crippen molar-refractivity contribution >= 4 is 17.4 Å². The van der Waals surface area contributed by atoms with Crippen LogP contribution in [0.5, 0.6) is 11.5 Å². The monoisotopic (exact) mass is 344 g/mol. The molecular weight excluding hydrogens is 320 g/mol. The van der Waals surface area contributed by atoms with Gasteiger partial charge < -0.3 is 20.1 Å². The molecule has 2 N–H and O–H groups in total. The summed E-state index contributed by atoms with van der Waals surface area (Å²) in [4.78, 5) is 20.8. The molecule has 0 saturated heterocycles. The first-order chi connectivity index (χ1) is 12.0. The van der Waals surface area contributed by atoms with Crippen molar-refractivity contribution in [2.45, 2.75) is 33.2 Å². The molecule has 0 aliphatic heterocycles. The van der Waals surface area contributed by atoms with E-state index in [0.717, 1.165) is 12.1 Å². The average Bonchev–Trinajstić information content (AvgIpc) is 2.60. The predicted octanol–water partition coefficient (Wildman–Crippen LogP) is 3.07. The number of aryl methyl sites for hydroxylation is 1. The zero-order chi connectivity index (χ0) is 18.4. The van der Waals surface area contributed by atoms with Gasteiger partial charge in [0.25, 0.3) is 5.91 Å². The largest absolute Gasteiger partial charge is 0.493 e. The molecular formula is C18H24N4O3. The molecule has 25 heavy (non-hydrogen) atoms. The molecule has 7 nitrogen and oxygen atoms in total. The molecule has 0 aliphatic rings. The molecule has 1 aromatic carbocycles. The quantitative estimate of drug-likeness (QED) is 0.803. The molecule has 0 fully saturated rings. The molecule has 7 heteroatoms. The van der Waals surface area contributed by atoms with Gasteiger partial charge in [-0.25, -0.2) is 9.97 Å². The van der Waals surface area contributed by atoms with Crippen LogP contribution in [0, 0.1) is 6.92 Å². The lowest BCUT2D eigenvalue weighted by Crippen LogP contribution is -2.32. The Morgan fingerprint density at radius 2 is 1.88 bits per heavy atom. The number of hydrogen-bond donors (Lipinski definition) is 2. The van der Waals surface area contributed by atoms with Crippen LogP contribution in [0.15, 0.2) is 24.3 Å². The van der Waals surface area contributed by atoms with Crippen LogP contribution < -0.4 is 20.1 Å². The first-order valence-corrected chi connectivity index (χ1v) is 8.12. The van der Waals surface area contributed by atoms with Crippen LogP contribution >= 0.6 is 0 Å². The molecule has 0 bridgehead atoms. The number of benzene rings is 1. The molecule has 134 valence electrons. The third-order valence-corrected chi connectivity index (χ3v) is 3.72. The summed E-state index contributed by atoms with van der Waals surface area (Å²) in [5.41, 5.74) is 1.10. The summed E-state index contributed by atoms with van der Waals surface area (Å²) in [5, 5.41) is 6.07. The highest BCUT2D eigenvalue weighted by Crippen LogP contribution is 2.30. The lowest BCUT2D eigenvalue weighted by Gasteiger charge is -2.13. The molecule has 2 aromatic rings. The van der Waals surface area contributed by atoms with Gasteiger partial charge in [-0.2, -0.15) is 0 Å². The van der Waals surface area contributed by atoms with Gasteiger partial charge in [0.05, 0.1) is 14.2 Å². The number of aromatic nitrogens is 2. The summed E-state index contributed by atoms with van der Waals surface area (Å²) >= 11 is 0. The van der Waals surface area contributed by atoms with Crippen molar-refractivity contribution in [3.8, 4) is 11.5 Å². The number of amides is 1. The van der Waals surface area contributed by atoms with E-state index in [1.807, 2.05) is 19.9 Å². The molecule has 1 heterocycles. The third-order valence-electron chi connectivity index (χ3n) is 3.72. The Balaban J connectivity index is 2.24. The van der Waals surface area contributed by atoms with Gasteiger partial charge >= 0.3 is 0 Å². The Morgan fingerprint density at radius 1 is 1.16 bits per heavy atom. The normalized spacial score (nSPS) is 11.6. The van der Waals surface area contributed by atoms with Crippen LogP contribution in [0.2, 0.25) is 0 Å². The average molecular weight is 344 g/mol. The molecule has 1 atom stereocenters. The van der Waals surface area contributed by atoms with Gasteiger partial charge in [0.1, 0.15) is 17.3 Å². The van der Waals surface area contributed by atoms with E-state index >= 15 is 0 Å². The maximum atomic E-state index is 12.3. The second-order valence-corrected chi connectivity index (χ2v) is 5.66. The van der Waals surface area contributed by atoms with E-state index in [1.54, 1.807) is 39.3 Å². The van der Waals surface area contributed by atoms with Gasteiger partial charge in [0.15, 0.2) is 11.5 Å². The van der Waals surface area contributed by atoms with Crippen LogP contribution in [0.4, 0.5) is 11.5 Å². The van der Waals surface area contributed by atoms with Crippen molar-refractivity contribution in [1.29, 1.82) is 0 Å². The Morgan fingerprint density at radius 3 is 2.52 bits per heavy atom. The van der Waals surface area contributed by atoms with E-state index < -0.39 is 0 Å². The minimum absolute atomic E-state index is 0.0880. The molecule has 1 aromatic heterocycles. The lowest BCUT2D eigenvalue weighted by atomic mass is 10.2. The number of anilines is 2. The summed E-state index contributed by atoms with van der Waals surface area (Å²) in [5.74, 6) is 2.08. The van der Waals surface area contributed by atoms with E-state index in [4.69, 9.17) is 9.47 Å². The van der Waals surface area contributed by atoms with E-state index in [0.29, 0.717) is 28.8 Å². The molecule has 0 spiro atoms. The van der Waals surface area contributed by atoms with Crippen LogP contribution in [0.3, 0.4) is 0 Å². The topological polar surface area (TPSA) is 85.4 Å².